The van der Waals surface area contributed by atoms with Crippen molar-refractivity contribution in [3.8, 4) is 6.07 Å². The molecule has 2 N–H and O–H groups in total. The zero-order valence-corrected chi connectivity index (χ0v) is 21.0. The molecule has 2 unspecified atom stereocenters. The van der Waals surface area contributed by atoms with E-state index >= 15 is 0 Å². The highest BCUT2D eigenvalue weighted by Gasteiger charge is 2.44. The SMILES string of the molecule is N#CCCOCC(O)COCCOCOCC(F)(F)OC(F)(F)COCC(O)COCCc1cccs1. The number of thiophene rings is 1. The first-order chi connectivity index (χ1) is 17.6. The summed E-state index contributed by atoms with van der Waals surface area (Å²) in [6.45, 7) is -3.98. The fraction of sp³-hybridized carbons (Fsp3) is 0.773. The Bertz CT molecular complexity index is 726. The lowest BCUT2D eigenvalue weighted by Crippen LogP contribution is -2.40. The molecule has 0 saturated carbocycles. The topological polar surface area (TPSA) is 129 Å². The fourth-order valence-corrected chi connectivity index (χ4v) is 3.18. The van der Waals surface area contributed by atoms with Crippen LogP contribution in [0.25, 0.3) is 0 Å². The Labute approximate surface area is 216 Å². The first kappa shape index (κ1) is 33.6. The number of halogens is 4. The van der Waals surface area contributed by atoms with Crippen molar-refractivity contribution in [3.63, 3.8) is 0 Å². The van der Waals surface area contributed by atoms with Gasteiger partial charge >= 0.3 is 12.2 Å². The van der Waals surface area contributed by atoms with E-state index < -0.39 is 51.0 Å². The van der Waals surface area contributed by atoms with Crippen molar-refractivity contribution in [2.45, 2.75) is 37.3 Å². The first-order valence-corrected chi connectivity index (χ1v) is 12.2. The molecule has 0 aliphatic carbocycles. The van der Waals surface area contributed by atoms with E-state index in [0.29, 0.717) is 13.0 Å². The molecule has 0 aliphatic rings. The molecule has 214 valence electrons. The summed E-state index contributed by atoms with van der Waals surface area (Å²) in [5.74, 6) is 0. The molecule has 0 bridgehead atoms. The Balaban J connectivity index is 2.04. The van der Waals surface area contributed by atoms with Gasteiger partial charge in [-0.25, -0.2) is 0 Å². The quantitative estimate of drug-likeness (QED) is 0.110. The number of hydrogen-bond donors (Lipinski definition) is 2. The lowest BCUT2D eigenvalue weighted by atomic mass is 10.3. The molecule has 1 heterocycles. The highest BCUT2D eigenvalue weighted by Crippen LogP contribution is 2.27. The third-order valence-electron chi connectivity index (χ3n) is 4.05. The van der Waals surface area contributed by atoms with E-state index in [-0.39, 0.29) is 46.1 Å². The van der Waals surface area contributed by atoms with Gasteiger partial charge in [0.1, 0.15) is 32.2 Å². The van der Waals surface area contributed by atoms with Gasteiger partial charge in [0.25, 0.3) is 0 Å². The summed E-state index contributed by atoms with van der Waals surface area (Å²) in [7, 11) is 0. The molecule has 15 heteroatoms. The molecular formula is C22H33F4NO9S. The van der Waals surface area contributed by atoms with Gasteiger partial charge in [-0.05, 0) is 11.4 Å². The molecule has 10 nitrogen and oxygen atoms in total. The van der Waals surface area contributed by atoms with E-state index in [1.807, 2.05) is 23.6 Å². The van der Waals surface area contributed by atoms with E-state index in [1.54, 1.807) is 11.3 Å². The molecule has 1 rings (SSSR count). The highest BCUT2D eigenvalue weighted by molar-refractivity contribution is 7.09. The molecule has 0 saturated heterocycles. The van der Waals surface area contributed by atoms with Gasteiger partial charge in [-0.3, -0.25) is 4.74 Å². The normalized spacial score (nSPS) is 14.0. The Hall–Kier alpha value is -1.45. The fourth-order valence-electron chi connectivity index (χ4n) is 2.49. The second-order valence-electron chi connectivity index (χ2n) is 7.54. The third kappa shape index (κ3) is 19.3. The number of alkyl halides is 4. The van der Waals surface area contributed by atoms with Crippen LogP contribution in [-0.2, 0) is 39.6 Å². The van der Waals surface area contributed by atoms with Crippen molar-refractivity contribution in [2.75, 3.05) is 72.9 Å². The lowest BCUT2D eigenvalue weighted by molar-refractivity contribution is -0.396. The molecule has 0 fully saturated rings. The van der Waals surface area contributed by atoms with Gasteiger partial charge in [0, 0.05) is 11.3 Å². The second kappa shape index (κ2) is 19.6. The van der Waals surface area contributed by atoms with Crippen LogP contribution < -0.4 is 0 Å². The largest absolute Gasteiger partial charge is 0.388 e. The molecule has 0 aromatic carbocycles. The Kier molecular flexibility index (Phi) is 17.8. The van der Waals surface area contributed by atoms with Crippen molar-refractivity contribution in [3.05, 3.63) is 22.4 Å². The van der Waals surface area contributed by atoms with E-state index in [2.05, 4.69) is 14.2 Å². The standard InChI is InChI=1S/C22H33F4NO9S/c23-21(24,15-34-14-19(29)12-31-7-4-20-3-1-10-37-20)36-22(25,26)16-35-17-33-9-8-32-13-18(28)11-30-6-2-5-27/h1,3,10,18-19,28-29H,2,4,6-9,11-17H2. The maximum atomic E-state index is 13.6. The summed E-state index contributed by atoms with van der Waals surface area (Å²) in [5.41, 5.74) is 0. The Morgan fingerprint density at radius 1 is 0.811 bits per heavy atom. The van der Waals surface area contributed by atoms with Crippen LogP contribution in [0.3, 0.4) is 0 Å². The minimum absolute atomic E-state index is 0.00639. The summed E-state index contributed by atoms with van der Waals surface area (Å²) in [5, 5.41) is 29.5. The van der Waals surface area contributed by atoms with Crippen LogP contribution in [0, 0.1) is 11.3 Å². The number of nitrogens with zero attached hydrogens (tertiary/aromatic N) is 1. The summed E-state index contributed by atoms with van der Waals surface area (Å²) in [4.78, 5) is 1.09. The van der Waals surface area contributed by atoms with Gasteiger partial charge in [0.15, 0.2) is 0 Å². The van der Waals surface area contributed by atoms with E-state index in [1.165, 1.54) is 0 Å². The van der Waals surface area contributed by atoms with Crippen LogP contribution >= 0.6 is 11.3 Å². The van der Waals surface area contributed by atoms with Crippen molar-refractivity contribution < 1.29 is 60.9 Å². The van der Waals surface area contributed by atoms with Crippen LogP contribution in [0.4, 0.5) is 17.6 Å². The monoisotopic (exact) mass is 563 g/mol. The van der Waals surface area contributed by atoms with Crippen LogP contribution in [-0.4, -0.2) is 107 Å². The van der Waals surface area contributed by atoms with Gasteiger partial charge in [-0.1, -0.05) is 6.07 Å². The average molecular weight is 564 g/mol. The van der Waals surface area contributed by atoms with E-state index in [9.17, 15) is 27.8 Å². The third-order valence-corrected chi connectivity index (χ3v) is 4.99. The van der Waals surface area contributed by atoms with E-state index in [0.717, 1.165) is 4.88 Å². The van der Waals surface area contributed by atoms with Gasteiger partial charge in [-0.15, -0.1) is 11.3 Å². The van der Waals surface area contributed by atoms with Crippen LogP contribution in [0.15, 0.2) is 17.5 Å². The molecular weight excluding hydrogens is 530 g/mol. The van der Waals surface area contributed by atoms with Crippen molar-refractivity contribution in [1.82, 2.24) is 0 Å². The number of rotatable bonds is 24. The van der Waals surface area contributed by atoms with Crippen molar-refractivity contribution in [2.24, 2.45) is 0 Å². The van der Waals surface area contributed by atoms with Crippen LogP contribution in [0.5, 0.6) is 0 Å². The molecule has 0 radical (unpaired) electrons. The maximum absolute atomic E-state index is 13.6. The van der Waals surface area contributed by atoms with Gasteiger partial charge in [0.2, 0.25) is 0 Å². The van der Waals surface area contributed by atoms with Crippen molar-refractivity contribution >= 4 is 11.3 Å². The number of hydrogen-bond acceptors (Lipinski definition) is 11. The predicted molar refractivity (Wildman–Crippen MR) is 121 cm³/mol. The second-order valence-corrected chi connectivity index (χ2v) is 8.57. The van der Waals surface area contributed by atoms with E-state index in [4.69, 9.17) is 24.2 Å². The number of aliphatic hydroxyl groups excluding tert-OH is 2. The zero-order valence-electron chi connectivity index (χ0n) is 20.2. The summed E-state index contributed by atoms with van der Waals surface area (Å²) < 4.78 is 87.3. The molecule has 1 aromatic rings. The average Bonchev–Trinajstić information content (AvgIpc) is 3.34. The van der Waals surface area contributed by atoms with Gasteiger partial charge in [0.05, 0.1) is 65.3 Å². The highest BCUT2D eigenvalue weighted by atomic mass is 32.1. The Morgan fingerprint density at radius 2 is 1.38 bits per heavy atom. The predicted octanol–water partition coefficient (Wildman–Crippen LogP) is 2.19. The molecule has 37 heavy (non-hydrogen) atoms. The Morgan fingerprint density at radius 3 is 2.00 bits per heavy atom. The summed E-state index contributed by atoms with van der Waals surface area (Å²) >= 11 is 1.55. The smallest absolute Gasteiger partial charge is 0.383 e. The van der Waals surface area contributed by atoms with Crippen LogP contribution in [0.1, 0.15) is 11.3 Å². The molecule has 0 amide bonds. The molecule has 0 aliphatic heterocycles. The van der Waals surface area contributed by atoms with Crippen LogP contribution in [0.2, 0.25) is 0 Å². The molecule has 2 atom stereocenters. The minimum atomic E-state index is -4.33. The molecule has 1 aromatic heterocycles. The number of ether oxygens (including phenoxy) is 7. The van der Waals surface area contributed by atoms with Gasteiger partial charge in [-0.2, -0.15) is 22.8 Å². The summed E-state index contributed by atoms with van der Waals surface area (Å²) in [6.07, 6.45) is -9.94. The first-order valence-electron chi connectivity index (χ1n) is 11.3. The zero-order chi connectivity index (χ0) is 27.4. The number of nitriles is 1. The minimum Gasteiger partial charge on any atom is -0.388 e. The van der Waals surface area contributed by atoms with Crippen molar-refractivity contribution in [1.29, 1.82) is 5.26 Å². The lowest BCUT2D eigenvalue weighted by Gasteiger charge is -2.24. The summed E-state index contributed by atoms with van der Waals surface area (Å²) in [6, 6.07) is 5.70. The maximum Gasteiger partial charge on any atom is 0.383 e. The number of aliphatic hydroxyl groups is 2. The molecule has 0 spiro atoms. The van der Waals surface area contributed by atoms with Gasteiger partial charge < -0.3 is 38.6 Å².